The van der Waals surface area contributed by atoms with E-state index in [1.54, 1.807) is 12.0 Å². The zero-order valence-electron chi connectivity index (χ0n) is 23.7. The number of rotatable bonds is 9. The average Bonchev–Trinajstić information content (AvgIpc) is 3.34. The molecule has 0 unspecified atom stereocenters. The molecule has 1 aromatic heterocycles. The van der Waals surface area contributed by atoms with E-state index in [0.717, 1.165) is 62.3 Å². The molecule has 5 nitrogen and oxygen atoms in total. The number of fused-ring (bicyclic) bond motifs is 1. The van der Waals surface area contributed by atoms with E-state index in [-0.39, 0.29) is 11.8 Å². The number of amides is 1. The van der Waals surface area contributed by atoms with Gasteiger partial charge in [0, 0.05) is 35.2 Å². The Bertz CT molecular complexity index is 1400. The molecule has 1 aliphatic rings. The Hall–Kier alpha value is -3.57. The number of likely N-dealkylation sites (tertiary alicyclic amines) is 1. The standard InChI is InChI=1S/C34H41N3O2/c1-24(2)34(38)36(3)28-13-8-12-27(22-28)25-17-20-37(21-18-25)19-9-14-30-31-23-29(39-4)15-16-32(31)35-33(30)26-10-6-5-7-11-26/h5-8,10-13,15-16,22-25,35H,9,14,17-21H2,1-4H3. The van der Waals surface area contributed by atoms with Crippen molar-refractivity contribution in [1.29, 1.82) is 0 Å². The van der Waals surface area contributed by atoms with Crippen molar-refractivity contribution in [2.24, 2.45) is 5.92 Å². The number of benzene rings is 3. The van der Waals surface area contributed by atoms with Gasteiger partial charge in [0.2, 0.25) is 5.91 Å². The quantitative estimate of drug-likeness (QED) is 0.251. The van der Waals surface area contributed by atoms with Crippen LogP contribution in [0.1, 0.15) is 50.2 Å². The first kappa shape index (κ1) is 27.0. The van der Waals surface area contributed by atoms with E-state index in [1.165, 1.54) is 27.8 Å². The monoisotopic (exact) mass is 523 g/mol. The molecule has 0 radical (unpaired) electrons. The molecule has 4 aromatic rings. The van der Waals surface area contributed by atoms with Crippen molar-refractivity contribution >= 4 is 22.5 Å². The highest BCUT2D eigenvalue weighted by atomic mass is 16.5. The average molecular weight is 524 g/mol. The van der Waals surface area contributed by atoms with Crippen LogP contribution in [0.5, 0.6) is 5.75 Å². The van der Waals surface area contributed by atoms with Crippen molar-refractivity contribution in [3.05, 3.63) is 83.9 Å². The molecule has 0 spiro atoms. The number of hydrogen-bond acceptors (Lipinski definition) is 3. The lowest BCUT2D eigenvalue weighted by atomic mass is 9.89. The number of aromatic nitrogens is 1. The lowest BCUT2D eigenvalue weighted by Crippen LogP contribution is -2.34. The number of carbonyl (C=O) groups is 1. The normalized spacial score (nSPS) is 14.7. The summed E-state index contributed by atoms with van der Waals surface area (Å²) in [4.78, 5) is 20.6. The third-order valence-electron chi connectivity index (χ3n) is 8.22. The Balaban J connectivity index is 1.22. The fraction of sp³-hybridized carbons (Fsp3) is 0.382. The van der Waals surface area contributed by atoms with Gasteiger partial charge >= 0.3 is 0 Å². The van der Waals surface area contributed by atoms with Gasteiger partial charge in [-0.05, 0) is 98.3 Å². The Morgan fingerprint density at radius 3 is 2.51 bits per heavy atom. The number of ether oxygens (including phenoxy) is 1. The van der Waals surface area contributed by atoms with Crippen LogP contribution in [0.25, 0.3) is 22.2 Å². The summed E-state index contributed by atoms with van der Waals surface area (Å²) in [6, 6.07) is 25.5. The maximum atomic E-state index is 12.5. The third kappa shape index (κ3) is 6.04. The van der Waals surface area contributed by atoms with E-state index in [9.17, 15) is 4.79 Å². The van der Waals surface area contributed by atoms with Crippen LogP contribution in [-0.4, -0.2) is 49.6 Å². The maximum absolute atomic E-state index is 12.5. The number of hydrogen-bond donors (Lipinski definition) is 1. The van der Waals surface area contributed by atoms with Crippen LogP contribution in [0.2, 0.25) is 0 Å². The van der Waals surface area contributed by atoms with Gasteiger partial charge in [-0.15, -0.1) is 0 Å². The van der Waals surface area contributed by atoms with Gasteiger partial charge in [-0.1, -0.05) is 56.3 Å². The second kappa shape index (κ2) is 12.1. The first-order valence-electron chi connectivity index (χ1n) is 14.3. The van der Waals surface area contributed by atoms with Crippen LogP contribution in [0.4, 0.5) is 5.69 Å². The van der Waals surface area contributed by atoms with E-state index in [4.69, 9.17) is 4.74 Å². The third-order valence-corrected chi connectivity index (χ3v) is 8.22. The molecular weight excluding hydrogens is 482 g/mol. The van der Waals surface area contributed by atoms with Crippen LogP contribution >= 0.6 is 0 Å². The van der Waals surface area contributed by atoms with Crippen LogP contribution < -0.4 is 9.64 Å². The zero-order chi connectivity index (χ0) is 27.4. The van der Waals surface area contributed by atoms with Crippen molar-refractivity contribution in [2.75, 3.05) is 38.7 Å². The minimum atomic E-state index is -0.00282. The number of aromatic amines is 1. The number of anilines is 1. The summed E-state index contributed by atoms with van der Waals surface area (Å²) in [5.41, 5.74) is 7.34. The minimum absolute atomic E-state index is 0.00282. The summed E-state index contributed by atoms with van der Waals surface area (Å²) in [5.74, 6) is 1.60. The predicted molar refractivity (Wildman–Crippen MR) is 162 cm³/mol. The summed E-state index contributed by atoms with van der Waals surface area (Å²) in [6.07, 6.45) is 4.46. The van der Waals surface area contributed by atoms with Crippen LogP contribution in [0.15, 0.2) is 72.8 Å². The topological polar surface area (TPSA) is 48.6 Å². The summed E-state index contributed by atoms with van der Waals surface area (Å²) in [7, 11) is 3.62. The van der Waals surface area contributed by atoms with Gasteiger partial charge < -0.3 is 19.5 Å². The van der Waals surface area contributed by atoms with Crippen LogP contribution in [0, 0.1) is 5.92 Å². The second-order valence-electron chi connectivity index (χ2n) is 11.1. The summed E-state index contributed by atoms with van der Waals surface area (Å²) < 4.78 is 5.54. The number of aryl methyl sites for hydroxylation is 1. The number of piperidine rings is 1. The SMILES string of the molecule is COc1ccc2[nH]c(-c3ccccc3)c(CCCN3CCC(c4cccc(N(C)C(=O)C(C)C)c4)CC3)c2c1. The highest BCUT2D eigenvalue weighted by molar-refractivity contribution is 5.94. The van der Waals surface area contributed by atoms with Crippen molar-refractivity contribution < 1.29 is 9.53 Å². The van der Waals surface area contributed by atoms with Crippen molar-refractivity contribution in [3.63, 3.8) is 0 Å². The Labute approximate surface area is 232 Å². The number of carbonyl (C=O) groups excluding carboxylic acids is 1. The molecule has 0 atom stereocenters. The smallest absolute Gasteiger partial charge is 0.229 e. The molecule has 1 saturated heterocycles. The first-order valence-corrected chi connectivity index (χ1v) is 14.3. The molecule has 1 fully saturated rings. The fourth-order valence-corrected chi connectivity index (χ4v) is 5.94. The Morgan fingerprint density at radius 2 is 1.79 bits per heavy atom. The van der Waals surface area contributed by atoms with E-state index >= 15 is 0 Å². The molecule has 0 bridgehead atoms. The van der Waals surface area contributed by atoms with Crippen molar-refractivity contribution in [3.8, 4) is 17.0 Å². The fourth-order valence-electron chi connectivity index (χ4n) is 5.94. The molecule has 1 N–H and O–H groups in total. The van der Waals surface area contributed by atoms with Gasteiger partial charge in [-0.25, -0.2) is 0 Å². The molecule has 204 valence electrons. The molecule has 5 rings (SSSR count). The lowest BCUT2D eigenvalue weighted by Gasteiger charge is -2.32. The summed E-state index contributed by atoms with van der Waals surface area (Å²) >= 11 is 0. The summed E-state index contributed by atoms with van der Waals surface area (Å²) in [6.45, 7) is 7.24. The largest absolute Gasteiger partial charge is 0.497 e. The molecule has 2 heterocycles. The summed E-state index contributed by atoms with van der Waals surface area (Å²) in [5, 5.41) is 1.26. The van der Waals surface area contributed by atoms with Gasteiger partial charge in [-0.2, -0.15) is 0 Å². The Morgan fingerprint density at radius 1 is 1.03 bits per heavy atom. The van der Waals surface area contributed by atoms with Crippen LogP contribution in [-0.2, 0) is 11.2 Å². The van der Waals surface area contributed by atoms with E-state index < -0.39 is 0 Å². The van der Waals surface area contributed by atoms with Crippen molar-refractivity contribution in [1.82, 2.24) is 9.88 Å². The van der Waals surface area contributed by atoms with Gasteiger partial charge in [0.25, 0.3) is 0 Å². The lowest BCUT2D eigenvalue weighted by molar-refractivity contribution is -0.121. The molecule has 3 aromatic carbocycles. The molecule has 39 heavy (non-hydrogen) atoms. The van der Waals surface area contributed by atoms with E-state index in [1.807, 2.05) is 33.0 Å². The number of H-pyrrole nitrogens is 1. The number of nitrogens with one attached hydrogen (secondary N) is 1. The molecular formula is C34H41N3O2. The number of methoxy groups -OCH3 is 1. The molecule has 0 saturated carbocycles. The highest BCUT2D eigenvalue weighted by Gasteiger charge is 2.22. The highest BCUT2D eigenvalue weighted by Crippen LogP contribution is 2.34. The van der Waals surface area contributed by atoms with E-state index in [2.05, 4.69) is 70.5 Å². The van der Waals surface area contributed by atoms with Crippen LogP contribution in [0.3, 0.4) is 0 Å². The first-order chi connectivity index (χ1) is 18.9. The van der Waals surface area contributed by atoms with Gasteiger partial charge in [0.15, 0.2) is 0 Å². The molecule has 1 amide bonds. The van der Waals surface area contributed by atoms with Gasteiger partial charge in [0.1, 0.15) is 5.75 Å². The number of nitrogens with zero attached hydrogens (tertiary/aromatic N) is 2. The minimum Gasteiger partial charge on any atom is -0.497 e. The van der Waals surface area contributed by atoms with Gasteiger partial charge in [-0.3, -0.25) is 4.79 Å². The molecule has 1 aliphatic heterocycles. The van der Waals surface area contributed by atoms with E-state index in [0.29, 0.717) is 5.92 Å². The Kier molecular flexibility index (Phi) is 8.37. The van der Waals surface area contributed by atoms with Crippen molar-refractivity contribution in [2.45, 2.75) is 45.4 Å². The second-order valence-corrected chi connectivity index (χ2v) is 11.1. The molecule has 5 heteroatoms. The van der Waals surface area contributed by atoms with Gasteiger partial charge in [0.05, 0.1) is 7.11 Å². The predicted octanol–water partition coefficient (Wildman–Crippen LogP) is 7.27. The maximum Gasteiger partial charge on any atom is 0.229 e. The zero-order valence-corrected chi connectivity index (χ0v) is 23.7. The molecule has 0 aliphatic carbocycles.